The van der Waals surface area contributed by atoms with Gasteiger partial charge in [0.05, 0.1) is 26.4 Å². The van der Waals surface area contributed by atoms with Gasteiger partial charge in [0.2, 0.25) is 11.8 Å². The van der Waals surface area contributed by atoms with Gasteiger partial charge in [0.1, 0.15) is 5.82 Å². The van der Waals surface area contributed by atoms with Gasteiger partial charge in [-0.15, -0.1) is 0 Å². The number of rotatable bonds is 5. The van der Waals surface area contributed by atoms with E-state index in [9.17, 15) is 4.79 Å². The van der Waals surface area contributed by atoms with Crippen molar-refractivity contribution in [3.05, 3.63) is 42.0 Å². The minimum absolute atomic E-state index is 0.0480. The number of carbonyl (C=O) groups is 1. The van der Waals surface area contributed by atoms with Crippen LogP contribution in [0.2, 0.25) is 0 Å². The number of methoxy groups -OCH3 is 1. The maximum Gasteiger partial charge on any atom is 0.224 e. The average Bonchev–Trinajstić information content (AvgIpc) is 3.66. The molecule has 5 rings (SSSR count). The van der Waals surface area contributed by atoms with E-state index in [4.69, 9.17) is 9.47 Å². The van der Waals surface area contributed by atoms with Crippen molar-refractivity contribution in [3.8, 4) is 5.88 Å². The van der Waals surface area contributed by atoms with Crippen LogP contribution in [0.15, 0.2) is 36.4 Å². The standard InChI is InChI=1S/C25H32N4O3/c1-16-24(27-22-5-4-6-23(26-22)31-3)20-15-19(28-11-13-32-14-12-28)9-10-21(20)29(17(2)30)25(16)18-7-8-18/h4-6,9-10,15-16,18,24-25H,7-8,11-14H2,1-3H3,(H,26,27)/t16-,24-,25-/m1/s1. The van der Waals surface area contributed by atoms with Crippen molar-refractivity contribution in [1.29, 1.82) is 0 Å². The lowest BCUT2D eigenvalue weighted by Gasteiger charge is -2.46. The number of aromatic nitrogens is 1. The van der Waals surface area contributed by atoms with Gasteiger partial charge >= 0.3 is 0 Å². The van der Waals surface area contributed by atoms with E-state index in [1.807, 2.05) is 18.2 Å². The Morgan fingerprint density at radius 1 is 1.19 bits per heavy atom. The highest BCUT2D eigenvalue weighted by Crippen LogP contribution is 2.50. The molecule has 170 valence electrons. The van der Waals surface area contributed by atoms with Gasteiger partial charge in [-0.2, -0.15) is 4.98 Å². The van der Waals surface area contributed by atoms with Gasteiger partial charge < -0.3 is 24.6 Å². The smallest absolute Gasteiger partial charge is 0.224 e. The molecule has 0 radical (unpaired) electrons. The molecule has 0 spiro atoms. The predicted molar refractivity (Wildman–Crippen MR) is 125 cm³/mol. The number of amides is 1. The molecule has 1 aromatic carbocycles. The Bertz CT molecular complexity index is 987. The molecule has 1 aliphatic carbocycles. The van der Waals surface area contributed by atoms with Crippen LogP contribution < -0.4 is 19.9 Å². The lowest BCUT2D eigenvalue weighted by atomic mass is 9.79. The number of morpholine rings is 1. The van der Waals surface area contributed by atoms with Gasteiger partial charge in [-0.05, 0) is 43.0 Å². The number of hydrogen-bond donors (Lipinski definition) is 1. The fourth-order valence-electron chi connectivity index (χ4n) is 5.34. The van der Waals surface area contributed by atoms with Crippen LogP contribution in [0.1, 0.15) is 38.3 Å². The summed E-state index contributed by atoms with van der Waals surface area (Å²) in [5.74, 6) is 2.29. The number of carbonyl (C=O) groups excluding carboxylic acids is 1. The molecule has 1 saturated heterocycles. The normalized spacial score (nSPS) is 25.3. The molecule has 32 heavy (non-hydrogen) atoms. The van der Waals surface area contributed by atoms with Gasteiger partial charge in [-0.3, -0.25) is 4.79 Å². The summed E-state index contributed by atoms with van der Waals surface area (Å²) in [4.78, 5) is 21.9. The lowest BCUT2D eigenvalue weighted by molar-refractivity contribution is -0.117. The zero-order valence-electron chi connectivity index (χ0n) is 19.1. The first-order valence-electron chi connectivity index (χ1n) is 11.6. The Morgan fingerprint density at radius 3 is 2.66 bits per heavy atom. The summed E-state index contributed by atoms with van der Waals surface area (Å²) in [6.07, 6.45) is 2.37. The molecule has 3 heterocycles. The fourth-order valence-corrected chi connectivity index (χ4v) is 5.34. The lowest BCUT2D eigenvalue weighted by Crippen LogP contribution is -2.51. The number of benzene rings is 1. The topological polar surface area (TPSA) is 66.9 Å². The molecule has 1 saturated carbocycles. The van der Waals surface area contributed by atoms with E-state index in [2.05, 4.69) is 45.2 Å². The minimum atomic E-state index is 0.0480. The second kappa shape index (κ2) is 8.62. The zero-order chi connectivity index (χ0) is 22.2. The van der Waals surface area contributed by atoms with Gasteiger partial charge in [-0.1, -0.05) is 13.0 Å². The third-order valence-corrected chi connectivity index (χ3v) is 7.02. The monoisotopic (exact) mass is 436 g/mol. The molecule has 3 aliphatic rings. The van der Waals surface area contributed by atoms with Crippen LogP contribution in [0.3, 0.4) is 0 Å². The summed E-state index contributed by atoms with van der Waals surface area (Å²) >= 11 is 0. The zero-order valence-corrected chi connectivity index (χ0v) is 19.1. The van der Waals surface area contributed by atoms with Gasteiger partial charge in [-0.25, -0.2) is 0 Å². The molecule has 0 bridgehead atoms. The van der Waals surface area contributed by atoms with E-state index >= 15 is 0 Å². The van der Waals surface area contributed by atoms with Crippen LogP contribution in [0.4, 0.5) is 17.2 Å². The SMILES string of the molecule is COc1cccc(N[C@H]2c3cc(N4CCOCC4)ccc3N(C(C)=O)[C@@H](C3CC3)[C@@H]2C)n1. The molecule has 7 nitrogen and oxygen atoms in total. The van der Waals surface area contributed by atoms with Crippen molar-refractivity contribution in [2.75, 3.05) is 48.5 Å². The number of ether oxygens (including phenoxy) is 2. The van der Waals surface area contributed by atoms with Crippen molar-refractivity contribution in [2.45, 2.75) is 38.8 Å². The van der Waals surface area contributed by atoms with Gasteiger partial charge in [0.15, 0.2) is 0 Å². The number of anilines is 3. The van der Waals surface area contributed by atoms with E-state index in [1.54, 1.807) is 14.0 Å². The minimum Gasteiger partial charge on any atom is -0.481 e. The van der Waals surface area contributed by atoms with Gasteiger partial charge in [0.25, 0.3) is 0 Å². The molecule has 1 N–H and O–H groups in total. The van der Waals surface area contributed by atoms with Crippen molar-refractivity contribution in [1.82, 2.24) is 4.98 Å². The molecule has 2 aromatic rings. The van der Waals surface area contributed by atoms with Crippen molar-refractivity contribution in [3.63, 3.8) is 0 Å². The Hall–Kier alpha value is -2.80. The molecule has 7 heteroatoms. The van der Waals surface area contributed by atoms with E-state index in [0.717, 1.165) is 43.4 Å². The molecule has 1 amide bonds. The maximum absolute atomic E-state index is 12.8. The van der Waals surface area contributed by atoms with Crippen LogP contribution in [0.5, 0.6) is 5.88 Å². The van der Waals surface area contributed by atoms with E-state index in [1.165, 1.54) is 18.5 Å². The second-order valence-corrected chi connectivity index (χ2v) is 9.11. The summed E-state index contributed by atoms with van der Waals surface area (Å²) in [5, 5.41) is 3.69. The summed E-state index contributed by atoms with van der Waals surface area (Å²) in [6.45, 7) is 7.20. The highest BCUT2D eigenvalue weighted by Gasteiger charge is 2.47. The number of hydrogen-bond acceptors (Lipinski definition) is 6. The van der Waals surface area contributed by atoms with E-state index in [-0.39, 0.29) is 23.9 Å². The molecular formula is C25H32N4O3. The molecule has 2 aliphatic heterocycles. The molecule has 3 atom stereocenters. The second-order valence-electron chi connectivity index (χ2n) is 9.11. The van der Waals surface area contributed by atoms with Crippen LogP contribution in [-0.4, -0.2) is 50.3 Å². The Balaban J connectivity index is 1.57. The predicted octanol–water partition coefficient (Wildman–Crippen LogP) is 3.86. The van der Waals surface area contributed by atoms with Crippen LogP contribution >= 0.6 is 0 Å². The Morgan fingerprint density at radius 2 is 1.97 bits per heavy atom. The Labute approximate surface area is 189 Å². The van der Waals surface area contributed by atoms with E-state index < -0.39 is 0 Å². The number of nitrogens with one attached hydrogen (secondary N) is 1. The van der Waals surface area contributed by atoms with Crippen molar-refractivity contribution >= 4 is 23.1 Å². The summed E-state index contributed by atoms with van der Waals surface area (Å²) in [7, 11) is 1.63. The summed E-state index contributed by atoms with van der Waals surface area (Å²) in [6, 6.07) is 12.6. The van der Waals surface area contributed by atoms with Crippen molar-refractivity contribution < 1.29 is 14.3 Å². The quantitative estimate of drug-likeness (QED) is 0.768. The molecular weight excluding hydrogens is 404 g/mol. The highest BCUT2D eigenvalue weighted by molar-refractivity contribution is 5.94. The van der Waals surface area contributed by atoms with Crippen molar-refractivity contribution in [2.24, 2.45) is 11.8 Å². The molecule has 2 fully saturated rings. The summed E-state index contributed by atoms with van der Waals surface area (Å²) < 4.78 is 10.9. The van der Waals surface area contributed by atoms with Crippen LogP contribution in [-0.2, 0) is 9.53 Å². The van der Waals surface area contributed by atoms with Crippen LogP contribution in [0.25, 0.3) is 0 Å². The Kier molecular flexibility index (Phi) is 5.67. The van der Waals surface area contributed by atoms with Crippen LogP contribution in [0, 0.1) is 11.8 Å². The van der Waals surface area contributed by atoms with E-state index in [0.29, 0.717) is 11.8 Å². The first kappa shape index (κ1) is 21.1. The summed E-state index contributed by atoms with van der Waals surface area (Å²) in [5.41, 5.74) is 3.35. The molecule has 1 aromatic heterocycles. The number of fused-ring (bicyclic) bond motifs is 1. The first-order valence-corrected chi connectivity index (χ1v) is 11.6. The number of nitrogens with zero attached hydrogens (tertiary/aromatic N) is 3. The highest BCUT2D eigenvalue weighted by atomic mass is 16.5. The first-order chi connectivity index (χ1) is 15.6. The third-order valence-electron chi connectivity index (χ3n) is 7.02. The number of pyridine rings is 1. The average molecular weight is 437 g/mol. The van der Waals surface area contributed by atoms with Gasteiger partial charge in [0, 0.05) is 55.0 Å². The largest absolute Gasteiger partial charge is 0.481 e. The molecule has 0 unspecified atom stereocenters. The maximum atomic E-state index is 12.8. The third kappa shape index (κ3) is 3.90. The fraction of sp³-hybridized carbons (Fsp3) is 0.520.